The summed E-state index contributed by atoms with van der Waals surface area (Å²) in [5.74, 6) is 0.239. The third-order valence-electron chi connectivity index (χ3n) is 5.69. The number of nitrogens with one attached hydrogen (secondary N) is 2. The number of allylic oxidation sites excluding steroid dienone is 2. The number of halogens is 6. The standard InChI is InChI=1S/C24H30F3N5O.C2H3F3.CH4O/c1-32(23(33)18-6-3-2-4-7-18)16-17-9-11-19(12-10-17)30-21(14-28)22(24(25,26)27)31-20-8-5-13-29-15-20;1-2(3,4)5;1-2/h5,8-12,14-15,18,29-30H,2-4,6-7,13,16,28H2,1H3;1H3;2H,1H3/b21-14+,31-22?;;. The third-order valence-corrected chi connectivity index (χ3v) is 5.69. The van der Waals surface area contributed by atoms with E-state index in [1.165, 1.54) is 18.7 Å². The number of benzene rings is 1. The van der Waals surface area contributed by atoms with E-state index >= 15 is 0 Å². The fourth-order valence-corrected chi connectivity index (χ4v) is 3.98. The minimum atomic E-state index is -4.70. The summed E-state index contributed by atoms with van der Waals surface area (Å²) in [6, 6.07) is 6.88. The Morgan fingerprint density at radius 3 is 2.17 bits per heavy atom. The Hall–Kier alpha value is -3.48. The van der Waals surface area contributed by atoms with E-state index in [4.69, 9.17) is 10.8 Å². The highest BCUT2D eigenvalue weighted by Gasteiger charge is 2.38. The summed E-state index contributed by atoms with van der Waals surface area (Å²) in [4.78, 5) is 18.1. The van der Waals surface area contributed by atoms with Crippen LogP contribution in [0.2, 0.25) is 0 Å². The highest BCUT2D eigenvalue weighted by atomic mass is 19.4. The number of rotatable bonds is 7. The number of dihydropyridines is 1. The normalized spacial score (nSPS) is 16.4. The average Bonchev–Trinajstić information content (AvgIpc) is 2.92. The maximum absolute atomic E-state index is 13.7. The van der Waals surface area contributed by atoms with Crippen LogP contribution in [0.1, 0.15) is 44.6 Å². The second-order valence-electron chi connectivity index (χ2n) is 9.05. The fourth-order valence-electron chi connectivity index (χ4n) is 3.98. The molecule has 1 aromatic carbocycles. The molecule has 5 N–H and O–H groups in total. The molecule has 40 heavy (non-hydrogen) atoms. The minimum Gasteiger partial charge on any atom is -0.403 e. The lowest BCUT2D eigenvalue weighted by atomic mass is 9.88. The first-order chi connectivity index (χ1) is 18.8. The molecule has 0 saturated heterocycles. The molecule has 2 aliphatic rings. The van der Waals surface area contributed by atoms with Gasteiger partial charge in [-0.1, -0.05) is 37.5 Å². The molecule has 1 fully saturated rings. The second kappa shape index (κ2) is 16.6. The van der Waals surface area contributed by atoms with Gasteiger partial charge in [-0.05, 0) is 36.6 Å². The molecular formula is C27H37F6N5O2. The van der Waals surface area contributed by atoms with Crippen LogP contribution in [0.25, 0.3) is 0 Å². The minimum absolute atomic E-state index is 0.0892. The van der Waals surface area contributed by atoms with Gasteiger partial charge < -0.3 is 26.4 Å². The number of aliphatic imine (C=N–C) groups is 1. The van der Waals surface area contributed by atoms with E-state index in [0.29, 0.717) is 18.8 Å². The van der Waals surface area contributed by atoms with E-state index in [1.54, 1.807) is 42.3 Å². The van der Waals surface area contributed by atoms with Crippen LogP contribution < -0.4 is 16.4 Å². The lowest BCUT2D eigenvalue weighted by Gasteiger charge is -2.26. The maximum atomic E-state index is 13.7. The topological polar surface area (TPSA) is 103 Å². The first-order valence-corrected chi connectivity index (χ1v) is 12.6. The van der Waals surface area contributed by atoms with Gasteiger partial charge in [-0.25, -0.2) is 4.99 Å². The van der Waals surface area contributed by atoms with Crippen LogP contribution >= 0.6 is 0 Å². The molecule has 0 radical (unpaired) electrons. The lowest BCUT2D eigenvalue weighted by molar-refractivity contribution is -0.135. The quantitative estimate of drug-likeness (QED) is 0.249. The van der Waals surface area contributed by atoms with Crippen molar-refractivity contribution in [3.05, 3.63) is 65.8 Å². The molecule has 1 aromatic rings. The molecule has 1 saturated carbocycles. The van der Waals surface area contributed by atoms with Crippen molar-refractivity contribution in [1.29, 1.82) is 0 Å². The van der Waals surface area contributed by atoms with Gasteiger partial charge in [0.05, 0.1) is 11.4 Å². The second-order valence-corrected chi connectivity index (χ2v) is 9.05. The van der Waals surface area contributed by atoms with Gasteiger partial charge in [0.15, 0.2) is 5.71 Å². The van der Waals surface area contributed by atoms with Crippen molar-refractivity contribution >= 4 is 17.3 Å². The van der Waals surface area contributed by atoms with Gasteiger partial charge >= 0.3 is 12.4 Å². The van der Waals surface area contributed by atoms with E-state index in [1.807, 2.05) is 0 Å². The number of alkyl halides is 6. The van der Waals surface area contributed by atoms with E-state index in [9.17, 15) is 31.1 Å². The van der Waals surface area contributed by atoms with Gasteiger partial charge in [0.25, 0.3) is 0 Å². The van der Waals surface area contributed by atoms with Crippen LogP contribution in [0.15, 0.2) is 65.2 Å². The summed E-state index contributed by atoms with van der Waals surface area (Å²) in [5.41, 5.74) is 5.52. The average molecular weight is 578 g/mol. The zero-order valence-electron chi connectivity index (χ0n) is 22.7. The predicted octanol–water partition coefficient (Wildman–Crippen LogP) is 5.62. The predicted molar refractivity (Wildman–Crippen MR) is 144 cm³/mol. The Balaban J connectivity index is 0.00000103. The molecule has 0 atom stereocenters. The largest absolute Gasteiger partial charge is 0.435 e. The number of hydrogen-bond donors (Lipinski definition) is 4. The van der Waals surface area contributed by atoms with Crippen LogP contribution in [0.4, 0.5) is 32.0 Å². The Morgan fingerprint density at radius 1 is 1.12 bits per heavy atom. The molecule has 224 valence electrons. The summed E-state index contributed by atoms with van der Waals surface area (Å²) in [6.07, 6.45) is 2.01. The molecule has 1 heterocycles. The molecule has 1 amide bonds. The lowest BCUT2D eigenvalue weighted by Crippen LogP contribution is -2.33. The number of carbonyl (C=O) groups is 1. The molecular weight excluding hydrogens is 540 g/mol. The number of anilines is 1. The van der Waals surface area contributed by atoms with Gasteiger partial charge in [-0.3, -0.25) is 4.79 Å². The monoisotopic (exact) mass is 577 g/mol. The molecule has 0 bridgehead atoms. The first-order valence-electron chi connectivity index (χ1n) is 12.6. The molecule has 7 nitrogen and oxygen atoms in total. The zero-order valence-corrected chi connectivity index (χ0v) is 22.7. The van der Waals surface area contributed by atoms with Crippen molar-refractivity contribution in [1.82, 2.24) is 10.2 Å². The van der Waals surface area contributed by atoms with Crippen molar-refractivity contribution < 1.29 is 36.2 Å². The fraction of sp³-hybridized carbons (Fsp3) is 0.481. The molecule has 0 spiro atoms. The van der Waals surface area contributed by atoms with E-state index in [-0.39, 0.29) is 30.1 Å². The van der Waals surface area contributed by atoms with Gasteiger partial charge in [0.1, 0.15) is 0 Å². The SMILES string of the molecule is CC(F)(F)F.CN(Cc1ccc(N/C(=C/N)C(=NC2=CNCC=C2)C(F)(F)F)cc1)C(=O)C1CCCCC1.CO. The highest BCUT2D eigenvalue weighted by Crippen LogP contribution is 2.27. The number of amides is 1. The summed E-state index contributed by atoms with van der Waals surface area (Å²) in [7, 11) is 2.79. The molecule has 1 aliphatic heterocycles. The molecule has 1 aliphatic carbocycles. The summed E-state index contributed by atoms with van der Waals surface area (Å²) in [5, 5.41) is 12.5. The maximum Gasteiger partial charge on any atom is 0.435 e. The number of nitrogens with zero attached hydrogens (tertiary/aromatic N) is 2. The summed E-state index contributed by atoms with van der Waals surface area (Å²) < 4.78 is 72.1. The number of aliphatic hydroxyl groups is 1. The molecule has 13 heteroatoms. The van der Waals surface area contributed by atoms with Gasteiger partial charge in [-0.15, -0.1) is 0 Å². The van der Waals surface area contributed by atoms with E-state index in [2.05, 4.69) is 15.6 Å². The number of aliphatic hydroxyl groups excluding tert-OH is 1. The van der Waals surface area contributed by atoms with Crippen molar-refractivity contribution in [2.24, 2.45) is 16.6 Å². The number of carbonyl (C=O) groups excluding carboxylic acids is 1. The van der Waals surface area contributed by atoms with Crippen LogP contribution in [0.3, 0.4) is 0 Å². The van der Waals surface area contributed by atoms with Gasteiger partial charge in [0.2, 0.25) is 5.91 Å². The number of nitrogens with two attached hydrogens (primary N) is 1. The number of hydrogen-bond acceptors (Lipinski definition) is 6. The van der Waals surface area contributed by atoms with Crippen LogP contribution in [0.5, 0.6) is 0 Å². The van der Waals surface area contributed by atoms with E-state index < -0.39 is 18.1 Å². The molecule has 0 unspecified atom stereocenters. The van der Waals surface area contributed by atoms with Crippen molar-refractivity contribution in [2.75, 3.05) is 26.0 Å². The van der Waals surface area contributed by atoms with Crippen LogP contribution in [-0.4, -0.2) is 54.7 Å². The van der Waals surface area contributed by atoms with Crippen LogP contribution in [-0.2, 0) is 11.3 Å². The third kappa shape index (κ3) is 13.0. The van der Waals surface area contributed by atoms with Crippen molar-refractivity contribution in [3.63, 3.8) is 0 Å². The Kier molecular flexibility index (Phi) is 14.3. The van der Waals surface area contributed by atoms with Crippen molar-refractivity contribution in [2.45, 2.75) is 57.9 Å². The first kappa shape index (κ1) is 34.5. The van der Waals surface area contributed by atoms with Gasteiger partial charge in [-0.2, -0.15) is 26.3 Å². The Morgan fingerprint density at radius 2 is 1.70 bits per heavy atom. The van der Waals surface area contributed by atoms with E-state index in [0.717, 1.165) is 44.6 Å². The Labute approximate surface area is 230 Å². The Bertz CT molecular complexity index is 1030. The van der Waals surface area contributed by atoms with Gasteiger partial charge in [0, 0.05) is 58.2 Å². The smallest absolute Gasteiger partial charge is 0.403 e. The zero-order chi connectivity index (χ0) is 30.3. The summed E-state index contributed by atoms with van der Waals surface area (Å²) in [6.45, 7) is 1.16. The summed E-state index contributed by atoms with van der Waals surface area (Å²) >= 11 is 0. The van der Waals surface area contributed by atoms with Crippen molar-refractivity contribution in [3.8, 4) is 0 Å². The van der Waals surface area contributed by atoms with Crippen LogP contribution in [0, 0.1) is 5.92 Å². The molecule has 3 rings (SSSR count). The highest BCUT2D eigenvalue weighted by molar-refractivity contribution is 6.06. The molecule has 0 aromatic heterocycles.